The summed E-state index contributed by atoms with van der Waals surface area (Å²) in [6, 6.07) is -0.709. The third-order valence-corrected chi connectivity index (χ3v) is 19.2. The Morgan fingerprint density at radius 2 is 1.64 bits per heavy atom. The number of carbonyl (C=O) groups is 4. The molecule has 1 saturated heterocycles. The first-order chi connectivity index (χ1) is 31.3. The van der Waals surface area contributed by atoms with Crippen molar-refractivity contribution in [1.29, 1.82) is 0 Å². The van der Waals surface area contributed by atoms with E-state index in [2.05, 4.69) is 63.1 Å². The van der Waals surface area contributed by atoms with Gasteiger partial charge in [0.15, 0.2) is 0 Å². The lowest BCUT2D eigenvalue weighted by molar-refractivity contribution is -0.252. The summed E-state index contributed by atoms with van der Waals surface area (Å²) < 4.78 is 25.0. The Labute approximate surface area is 394 Å². The van der Waals surface area contributed by atoms with Crippen LogP contribution in [0.1, 0.15) is 163 Å². The number of aromatic amines is 1. The molecule has 5 saturated carbocycles. The number of aromatic nitrogens is 2. The number of hydrogen-bond acceptors (Lipinski definition) is 11. The van der Waals surface area contributed by atoms with Crippen molar-refractivity contribution in [3.05, 3.63) is 55.2 Å². The number of azide groups is 1. The summed E-state index contributed by atoms with van der Waals surface area (Å²) in [7, 11) is 0. The van der Waals surface area contributed by atoms with Gasteiger partial charge in [-0.1, -0.05) is 51.9 Å². The Balaban J connectivity index is 0.955. The van der Waals surface area contributed by atoms with Gasteiger partial charge in [-0.25, -0.2) is 4.79 Å². The molecule has 1 aromatic heterocycles. The summed E-state index contributed by atoms with van der Waals surface area (Å²) >= 11 is 0. The molecule has 0 radical (unpaired) electrons. The first-order valence-electron chi connectivity index (χ1n) is 24.7. The topological polar surface area (TPSA) is 229 Å². The highest BCUT2D eigenvalue weighted by atomic mass is 16.6. The quantitative estimate of drug-likeness (QED) is 0.0421. The summed E-state index contributed by atoms with van der Waals surface area (Å²) in [5.74, 6) is -0.327. The van der Waals surface area contributed by atoms with E-state index in [1.165, 1.54) is 16.3 Å². The minimum atomic E-state index is -1.19. The summed E-state index contributed by atoms with van der Waals surface area (Å²) in [5.41, 5.74) is 8.10. The van der Waals surface area contributed by atoms with E-state index in [1.807, 2.05) is 0 Å². The molecule has 5 aliphatic carbocycles. The van der Waals surface area contributed by atoms with Gasteiger partial charge in [0.1, 0.15) is 25.0 Å². The zero-order valence-electron chi connectivity index (χ0n) is 41.3. The summed E-state index contributed by atoms with van der Waals surface area (Å²) in [4.78, 5) is 80.7. The van der Waals surface area contributed by atoms with Crippen LogP contribution in [0.25, 0.3) is 10.4 Å². The largest absolute Gasteiger partial charge is 0.481 e. The Hall–Kier alpha value is -4.43. The summed E-state index contributed by atoms with van der Waals surface area (Å²) in [6.45, 7) is 23.7. The molecule has 67 heavy (non-hydrogen) atoms. The van der Waals surface area contributed by atoms with Crippen LogP contribution in [-0.4, -0.2) is 70.0 Å². The van der Waals surface area contributed by atoms with Crippen molar-refractivity contribution < 1.29 is 43.2 Å². The van der Waals surface area contributed by atoms with Gasteiger partial charge in [0, 0.05) is 46.8 Å². The number of carboxylic acids is 1. The second-order valence-corrected chi connectivity index (χ2v) is 23.6. The normalized spacial score (nSPS) is 37.4. The van der Waals surface area contributed by atoms with Crippen molar-refractivity contribution in [2.45, 2.75) is 183 Å². The zero-order valence-corrected chi connectivity index (χ0v) is 41.3. The number of hydrogen-bond donors (Lipinski definition) is 2. The molecule has 16 nitrogen and oxygen atoms in total. The van der Waals surface area contributed by atoms with Gasteiger partial charge in [-0.05, 0) is 150 Å². The first kappa shape index (κ1) is 50.4. The Morgan fingerprint density at radius 3 is 2.31 bits per heavy atom. The molecule has 6 aliphatic rings. The number of ether oxygens (including phenoxy) is 4. The highest BCUT2D eigenvalue weighted by Gasteiger charge is 2.71. The van der Waals surface area contributed by atoms with Crippen molar-refractivity contribution in [2.75, 3.05) is 13.2 Å². The summed E-state index contributed by atoms with van der Waals surface area (Å²) in [5, 5.41) is 13.4. The zero-order chi connectivity index (χ0) is 49.1. The SMILES string of the molecule is C=C(C)[C@@H]1CC[C@]2(COC(=O)CCCC(=O)OC[C@H]3O[C@@H](n4cc(C)c(=O)[nH]c4=O)C[C@@H]3N=[N+]=[N-])CC[C@]3(C)[C@H](CC[C@@H]4[C@@]5(C)CC[C@H](OC(=O)CC(C)(C)C(=O)O)C(C)(C)[C@@H]5CC[C@]43C)[C@@H]12. The van der Waals surface area contributed by atoms with E-state index in [4.69, 9.17) is 24.5 Å². The fraction of sp³-hybridized carbons (Fsp3) is 0.804. The van der Waals surface area contributed by atoms with Gasteiger partial charge in [-0.3, -0.25) is 33.5 Å². The number of fused-ring (bicyclic) bond motifs is 7. The van der Waals surface area contributed by atoms with Crippen molar-refractivity contribution in [3.63, 3.8) is 0 Å². The van der Waals surface area contributed by atoms with E-state index >= 15 is 0 Å². The van der Waals surface area contributed by atoms with Gasteiger partial charge in [-0.2, -0.15) is 0 Å². The molecule has 1 aromatic rings. The van der Waals surface area contributed by atoms with Crippen LogP contribution in [-0.2, 0) is 38.1 Å². The highest BCUT2D eigenvalue weighted by molar-refractivity contribution is 5.81. The average Bonchev–Trinajstić information content (AvgIpc) is 3.84. The molecule has 13 atom stereocenters. The predicted octanol–water partition coefficient (Wildman–Crippen LogP) is 9.14. The molecular formula is C51H75N5O11. The predicted molar refractivity (Wildman–Crippen MR) is 248 cm³/mol. The number of carbonyl (C=O) groups excluding carboxylic acids is 3. The van der Waals surface area contributed by atoms with Crippen molar-refractivity contribution >= 4 is 23.9 Å². The number of rotatable bonds is 15. The molecule has 0 aromatic carbocycles. The third kappa shape index (κ3) is 9.03. The van der Waals surface area contributed by atoms with Crippen LogP contribution in [0.15, 0.2) is 33.1 Å². The van der Waals surface area contributed by atoms with Crippen LogP contribution >= 0.6 is 0 Å². The van der Waals surface area contributed by atoms with Crippen LogP contribution in [0.2, 0.25) is 0 Å². The lowest BCUT2D eigenvalue weighted by atomic mass is 9.32. The molecule has 7 rings (SSSR count). The van der Waals surface area contributed by atoms with Gasteiger partial charge in [0.25, 0.3) is 5.56 Å². The summed E-state index contributed by atoms with van der Waals surface area (Å²) in [6.07, 6.45) is 9.92. The number of nitrogens with one attached hydrogen (secondary N) is 1. The molecular weight excluding hydrogens is 859 g/mol. The highest BCUT2D eigenvalue weighted by Crippen LogP contribution is 2.77. The number of nitrogens with zero attached hydrogens (tertiary/aromatic N) is 4. The molecule has 1 aliphatic heterocycles. The number of aliphatic carboxylic acids is 1. The van der Waals surface area contributed by atoms with Crippen molar-refractivity contribution in [2.24, 2.45) is 67.2 Å². The average molecular weight is 934 g/mol. The van der Waals surface area contributed by atoms with Crippen LogP contribution in [0, 0.1) is 69.0 Å². The van der Waals surface area contributed by atoms with Gasteiger partial charge in [0.2, 0.25) is 0 Å². The standard InChI is InChI=1S/C51H75N5O11/c1-29(2)31-16-21-51(28-65-40(58)13-11-12-39(57)64-27-34-33(54-55-52)24-38(66-34)56-26-30(3)43(60)53-45(56)63)23-22-49(9)32(42(31)51)14-15-36-48(8)19-18-37(67-41(59)25-46(4,5)44(61)62)47(6,7)35(48)17-20-50(36,49)10/h26,31-38,42H,1,11-25,27-28H2,2-10H3,(H,61,62)(H,53,60,63)/t31-,32+,33-,34+,35-,36+,37-,38+,42+,48-,49+,50+,51+/m0/s1. The minimum absolute atomic E-state index is 0.0183. The van der Waals surface area contributed by atoms with E-state index in [-0.39, 0.29) is 77.9 Å². The Bertz CT molecular complexity index is 2300. The minimum Gasteiger partial charge on any atom is -0.481 e. The molecule has 16 heteroatoms. The Kier molecular flexibility index (Phi) is 13.9. The van der Waals surface area contributed by atoms with Crippen LogP contribution in [0.4, 0.5) is 0 Å². The molecule has 2 heterocycles. The second kappa shape index (κ2) is 18.5. The molecule has 370 valence electrons. The van der Waals surface area contributed by atoms with E-state index < -0.39 is 52.9 Å². The lowest BCUT2D eigenvalue weighted by Gasteiger charge is -2.73. The molecule has 2 N–H and O–H groups in total. The number of carboxylic acid groups (broad SMARTS) is 1. The van der Waals surface area contributed by atoms with E-state index in [0.717, 1.165) is 64.2 Å². The third-order valence-electron chi connectivity index (χ3n) is 19.2. The first-order valence-corrected chi connectivity index (χ1v) is 24.7. The van der Waals surface area contributed by atoms with Crippen LogP contribution < -0.4 is 11.2 Å². The van der Waals surface area contributed by atoms with Gasteiger partial charge in [0.05, 0.1) is 24.5 Å². The van der Waals surface area contributed by atoms with Crippen LogP contribution in [0.3, 0.4) is 0 Å². The monoisotopic (exact) mass is 934 g/mol. The smallest absolute Gasteiger partial charge is 0.330 e. The maximum absolute atomic E-state index is 13.4. The van der Waals surface area contributed by atoms with Crippen LogP contribution in [0.5, 0.6) is 0 Å². The fourth-order valence-corrected chi connectivity index (χ4v) is 15.3. The molecule has 0 unspecified atom stereocenters. The van der Waals surface area contributed by atoms with Crippen molar-refractivity contribution in [1.82, 2.24) is 9.55 Å². The van der Waals surface area contributed by atoms with Gasteiger partial charge >= 0.3 is 29.6 Å². The number of H-pyrrole nitrogens is 1. The van der Waals surface area contributed by atoms with Gasteiger partial charge < -0.3 is 24.1 Å². The maximum atomic E-state index is 13.4. The number of esters is 3. The lowest BCUT2D eigenvalue weighted by Crippen LogP contribution is -2.67. The molecule has 0 amide bonds. The number of aryl methyl sites for hydroxylation is 1. The van der Waals surface area contributed by atoms with Crippen molar-refractivity contribution in [3.8, 4) is 0 Å². The van der Waals surface area contributed by atoms with Gasteiger partial charge in [-0.15, -0.1) is 0 Å². The van der Waals surface area contributed by atoms with E-state index in [1.54, 1.807) is 20.8 Å². The second-order valence-electron chi connectivity index (χ2n) is 23.6. The molecule has 0 spiro atoms. The molecule has 0 bridgehead atoms. The Morgan fingerprint density at radius 1 is 0.940 bits per heavy atom. The van der Waals surface area contributed by atoms with E-state index in [0.29, 0.717) is 41.8 Å². The van der Waals surface area contributed by atoms with E-state index in [9.17, 15) is 33.9 Å². The fourth-order valence-electron chi connectivity index (χ4n) is 15.3. The maximum Gasteiger partial charge on any atom is 0.330 e. The number of allylic oxidation sites excluding steroid dienone is 1. The molecule has 6 fully saturated rings.